The van der Waals surface area contributed by atoms with E-state index in [4.69, 9.17) is 5.73 Å². The average Bonchev–Trinajstić information content (AvgIpc) is 2.62. The Labute approximate surface area is 147 Å². The van der Waals surface area contributed by atoms with Gasteiger partial charge in [-0.05, 0) is 50.3 Å². The van der Waals surface area contributed by atoms with Gasteiger partial charge in [-0.3, -0.25) is 0 Å². The lowest BCUT2D eigenvalue weighted by Gasteiger charge is -2.31. The highest BCUT2D eigenvalue weighted by Crippen LogP contribution is 2.29. The van der Waals surface area contributed by atoms with E-state index in [0.29, 0.717) is 0 Å². The molecule has 2 heteroatoms. The van der Waals surface area contributed by atoms with Crippen LogP contribution in [0.3, 0.4) is 0 Å². The minimum Gasteiger partial charge on any atom is -0.328 e. The molecule has 0 aliphatic rings. The van der Waals surface area contributed by atoms with Crippen LogP contribution in [0.4, 0.5) is 0 Å². The maximum atomic E-state index is 6.40. The van der Waals surface area contributed by atoms with Crippen molar-refractivity contribution in [2.24, 2.45) is 5.73 Å². The minimum atomic E-state index is 0.146. The summed E-state index contributed by atoms with van der Waals surface area (Å²) >= 11 is 0. The third-order valence-electron chi connectivity index (χ3n) is 4.99. The van der Waals surface area contributed by atoms with Gasteiger partial charge in [-0.25, -0.2) is 0 Å². The molecule has 0 saturated heterocycles. The highest BCUT2D eigenvalue weighted by Gasteiger charge is 2.26. The van der Waals surface area contributed by atoms with E-state index < -0.39 is 0 Å². The van der Waals surface area contributed by atoms with Gasteiger partial charge in [0.1, 0.15) is 0 Å². The molecule has 0 aliphatic carbocycles. The first-order valence-electron chi connectivity index (χ1n) is 9.14. The first-order valence-corrected chi connectivity index (χ1v) is 9.14. The molecular weight excluding hydrogens is 292 g/mol. The van der Waals surface area contributed by atoms with Crippen molar-refractivity contribution in [2.75, 3.05) is 13.6 Å². The Bertz CT molecular complexity index is 567. The summed E-state index contributed by atoms with van der Waals surface area (Å²) in [6.45, 7) is 3.32. The van der Waals surface area contributed by atoms with E-state index in [2.05, 4.69) is 72.9 Å². The third-order valence-corrected chi connectivity index (χ3v) is 4.99. The Balaban J connectivity index is 1.81. The van der Waals surface area contributed by atoms with Gasteiger partial charge >= 0.3 is 0 Å². The molecule has 0 amide bonds. The lowest BCUT2D eigenvalue weighted by molar-refractivity contribution is 0.376. The molecule has 3 N–H and O–H groups in total. The number of hydrogen-bond acceptors (Lipinski definition) is 2. The fourth-order valence-electron chi connectivity index (χ4n) is 3.43. The molecule has 0 heterocycles. The topological polar surface area (TPSA) is 38.0 Å². The zero-order valence-electron chi connectivity index (χ0n) is 15.2. The molecular formula is C22H32N2. The molecule has 24 heavy (non-hydrogen) atoms. The lowest BCUT2D eigenvalue weighted by atomic mass is 9.77. The smallest absolute Gasteiger partial charge is 0.00500 e. The molecule has 130 valence electrons. The standard InChI is InChI=1S/C22H32N2/c1-22(18-24-2,20-13-7-4-8-14-20)17-16-21(23)15-9-12-19-10-5-3-6-11-19/h3-8,10-11,13-14,21,24H,9,12,15-18,23H2,1-2H3. The van der Waals surface area contributed by atoms with E-state index in [1.165, 1.54) is 17.5 Å². The highest BCUT2D eigenvalue weighted by molar-refractivity contribution is 5.25. The largest absolute Gasteiger partial charge is 0.328 e. The number of nitrogens with two attached hydrogens (primary N) is 1. The average molecular weight is 325 g/mol. The molecule has 2 atom stereocenters. The fraction of sp³-hybridized carbons (Fsp3) is 0.455. The van der Waals surface area contributed by atoms with Gasteiger partial charge in [0.15, 0.2) is 0 Å². The van der Waals surface area contributed by atoms with Crippen molar-refractivity contribution in [3.05, 3.63) is 71.8 Å². The lowest BCUT2D eigenvalue weighted by Crippen LogP contribution is -2.35. The summed E-state index contributed by atoms with van der Waals surface area (Å²) in [6.07, 6.45) is 5.58. The molecule has 0 aromatic heterocycles. The summed E-state index contributed by atoms with van der Waals surface area (Å²) < 4.78 is 0. The van der Waals surface area contributed by atoms with Gasteiger partial charge in [0.2, 0.25) is 0 Å². The number of benzene rings is 2. The van der Waals surface area contributed by atoms with Crippen molar-refractivity contribution in [1.82, 2.24) is 5.32 Å². The minimum absolute atomic E-state index is 0.146. The van der Waals surface area contributed by atoms with Crippen LogP contribution in [0.15, 0.2) is 60.7 Å². The predicted octanol–water partition coefficient (Wildman–Crippen LogP) is 4.29. The van der Waals surface area contributed by atoms with Gasteiger partial charge in [-0.1, -0.05) is 67.6 Å². The second-order valence-corrected chi connectivity index (χ2v) is 7.13. The Kier molecular flexibility index (Phi) is 7.48. The molecule has 2 unspecified atom stereocenters. The van der Waals surface area contributed by atoms with Gasteiger partial charge in [0.05, 0.1) is 0 Å². The molecule has 0 bridgehead atoms. The second kappa shape index (κ2) is 9.61. The third kappa shape index (κ3) is 5.77. The van der Waals surface area contributed by atoms with Gasteiger partial charge in [0.25, 0.3) is 0 Å². The van der Waals surface area contributed by atoms with Crippen LogP contribution < -0.4 is 11.1 Å². The summed E-state index contributed by atoms with van der Waals surface area (Å²) in [5, 5.41) is 3.35. The van der Waals surface area contributed by atoms with Gasteiger partial charge in [0, 0.05) is 18.0 Å². The first-order chi connectivity index (χ1) is 11.6. The molecule has 2 rings (SSSR count). The molecule has 0 spiro atoms. The Morgan fingerprint density at radius 2 is 1.58 bits per heavy atom. The summed E-state index contributed by atoms with van der Waals surface area (Å²) in [4.78, 5) is 0. The van der Waals surface area contributed by atoms with Crippen LogP contribution in [0.5, 0.6) is 0 Å². The van der Waals surface area contributed by atoms with Crippen LogP contribution >= 0.6 is 0 Å². The van der Waals surface area contributed by atoms with Crippen LogP contribution in [0.2, 0.25) is 0 Å². The quantitative estimate of drug-likeness (QED) is 0.684. The zero-order chi connectivity index (χ0) is 17.3. The van der Waals surface area contributed by atoms with Crippen molar-refractivity contribution in [2.45, 2.75) is 50.5 Å². The normalized spacial score (nSPS) is 15.0. The molecule has 0 fully saturated rings. The molecule has 0 saturated carbocycles. The molecule has 0 aliphatic heterocycles. The van der Waals surface area contributed by atoms with E-state index in [0.717, 1.165) is 32.2 Å². The first kappa shape index (κ1) is 18.7. The maximum Gasteiger partial charge on any atom is 0.00500 e. The molecule has 2 nitrogen and oxygen atoms in total. The Morgan fingerprint density at radius 1 is 0.958 bits per heavy atom. The van der Waals surface area contributed by atoms with E-state index in [1.807, 2.05) is 7.05 Å². The van der Waals surface area contributed by atoms with Crippen molar-refractivity contribution >= 4 is 0 Å². The van der Waals surface area contributed by atoms with E-state index in [9.17, 15) is 0 Å². The van der Waals surface area contributed by atoms with Crippen LogP contribution in [-0.4, -0.2) is 19.6 Å². The zero-order valence-corrected chi connectivity index (χ0v) is 15.2. The second-order valence-electron chi connectivity index (χ2n) is 7.13. The monoisotopic (exact) mass is 324 g/mol. The van der Waals surface area contributed by atoms with Crippen LogP contribution in [0, 0.1) is 0 Å². The van der Waals surface area contributed by atoms with Crippen molar-refractivity contribution < 1.29 is 0 Å². The van der Waals surface area contributed by atoms with E-state index in [1.54, 1.807) is 0 Å². The summed E-state index contributed by atoms with van der Waals surface area (Å²) in [5.41, 5.74) is 9.35. The number of nitrogens with one attached hydrogen (secondary N) is 1. The van der Waals surface area contributed by atoms with E-state index >= 15 is 0 Å². The van der Waals surface area contributed by atoms with Crippen LogP contribution in [0.1, 0.15) is 43.7 Å². The van der Waals surface area contributed by atoms with Gasteiger partial charge in [-0.15, -0.1) is 0 Å². The van der Waals surface area contributed by atoms with Crippen molar-refractivity contribution in [3.63, 3.8) is 0 Å². The molecule has 0 radical (unpaired) electrons. The predicted molar refractivity (Wildman–Crippen MR) is 104 cm³/mol. The SMILES string of the molecule is CNCC(C)(CCC(N)CCCc1ccccc1)c1ccccc1. The fourth-order valence-corrected chi connectivity index (χ4v) is 3.43. The number of hydrogen-bond donors (Lipinski definition) is 2. The molecule has 2 aromatic rings. The van der Waals surface area contributed by atoms with Crippen molar-refractivity contribution in [3.8, 4) is 0 Å². The summed E-state index contributed by atoms with van der Waals surface area (Å²) in [7, 11) is 2.03. The highest BCUT2D eigenvalue weighted by atomic mass is 14.8. The number of likely N-dealkylation sites (N-methyl/N-ethyl adjacent to an activating group) is 1. The maximum absolute atomic E-state index is 6.40. The number of rotatable bonds is 10. The summed E-state index contributed by atoms with van der Waals surface area (Å²) in [6, 6.07) is 21.8. The van der Waals surface area contributed by atoms with Gasteiger partial charge in [-0.2, -0.15) is 0 Å². The van der Waals surface area contributed by atoms with Crippen molar-refractivity contribution in [1.29, 1.82) is 0 Å². The van der Waals surface area contributed by atoms with Gasteiger partial charge < -0.3 is 11.1 Å². The van der Waals surface area contributed by atoms with Crippen LogP contribution in [0.25, 0.3) is 0 Å². The molecule has 2 aromatic carbocycles. The van der Waals surface area contributed by atoms with E-state index in [-0.39, 0.29) is 11.5 Å². The van der Waals surface area contributed by atoms with Crippen LogP contribution in [-0.2, 0) is 11.8 Å². The Morgan fingerprint density at radius 3 is 2.21 bits per heavy atom. The number of aryl methyl sites for hydroxylation is 1. The summed E-state index contributed by atoms with van der Waals surface area (Å²) in [5.74, 6) is 0. The Hall–Kier alpha value is -1.64.